The van der Waals surface area contributed by atoms with Crippen LogP contribution in [0, 0.1) is 0 Å². The summed E-state index contributed by atoms with van der Waals surface area (Å²) >= 11 is 12.1. The Morgan fingerprint density at radius 3 is 2.79 bits per heavy atom. The Bertz CT molecular complexity index is 1030. The van der Waals surface area contributed by atoms with Crippen molar-refractivity contribution in [3.63, 3.8) is 0 Å². The normalized spacial score (nSPS) is 15.4. The van der Waals surface area contributed by atoms with Crippen LogP contribution in [0.1, 0.15) is 16.1 Å². The van der Waals surface area contributed by atoms with Crippen LogP contribution in [0.2, 0.25) is 5.02 Å². The van der Waals surface area contributed by atoms with Crippen molar-refractivity contribution in [2.75, 3.05) is 13.7 Å². The minimum absolute atomic E-state index is 0.172. The van der Waals surface area contributed by atoms with E-state index in [2.05, 4.69) is 0 Å². The highest BCUT2D eigenvalue weighted by Crippen LogP contribution is 2.34. The van der Waals surface area contributed by atoms with Gasteiger partial charge in [0.15, 0.2) is 0 Å². The summed E-state index contributed by atoms with van der Waals surface area (Å²) in [5.41, 5.74) is 0.803. The molecule has 0 spiro atoms. The zero-order valence-electron chi connectivity index (χ0n) is 14.3. The second kappa shape index (κ2) is 8.17. The summed E-state index contributed by atoms with van der Waals surface area (Å²) in [5, 5.41) is 9.12. The third-order valence-electron chi connectivity index (χ3n) is 3.72. The van der Waals surface area contributed by atoms with Crippen molar-refractivity contribution in [2.45, 2.75) is 0 Å². The number of thioether (sulfide) groups is 1. The average molecular weight is 438 g/mol. The fourth-order valence-electron chi connectivity index (χ4n) is 2.43. The highest BCUT2D eigenvalue weighted by molar-refractivity contribution is 8.26. The van der Waals surface area contributed by atoms with Gasteiger partial charge in [-0.15, -0.1) is 0 Å². The zero-order chi connectivity index (χ0) is 20.4. The van der Waals surface area contributed by atoms with Crippen molar-refractivity contribution < 1.29 is 28.6 Å². The lowest BCUT2D eigenvalue weighted by atomic mass is 10.1. The molecule has 1 saturated heterocycles. The molecule has 7 nitrogen and oxygen atoms in total. The molecule has 1 aromatic carbocycles. The monoisotopic (exact) mass is 437 g/mol. The highest BCUT2D eigenvalue weighted by Gasteiger charge is 2.33. The molecule has 2 aromatic rings. The summed E-state index contributed by atoms with van der Waals surface area (Å²) in [4.78, 5) is 36.2. The second-order valence-electron chi connectivity index (χ2n) is 5.55. The van der Waals surface area contributed by atoms with Gasteiger partial charge in [0.1, 0.15) is 22.4 Å². The van der Waals surface area contributed by atoms with Crippen molar-refractivity contribution in [2.24, 2.45) is 0 Å². The fraction of sp³-hybridized carbons (Fsp3) is 0.111. The molecule has 0 bridgehead atoms. The SMILES string of the molecule is COC(=O)c1cc(-c2ccc(/C=C3\SC(=S)N(CC(=O)O)C3=O)o2)ccc1Cl. The number of carbonyl (C=O) groups is 3. The minimum atomic E-state index is -1.15. The van der Waals surface area contributed by atoms with Gasteiger partial charge in [-0.2, -0.15) is 0 Å². The summed E-state index contributed by atoms with van der Waals surface area (Å²) in [5.74, 6) is -1.38. The van der Waals surface area contributed by atoms with Crippen LogP contribution < -0.4 is 0 Å². The summed E-state index contributed by atoms with van der Waals surface area (Å²) in [6, 6.07) is 8.11. The van der Waals surface area contributed by atoms with Crippen LogP contribution in [-0.4, -0.2) is 45.8 Å². The number of carboxylic acids is 1. The van der Waals surface area contributed by atoms with Crippen molar-refractivity contribution in [1.82, 2.24) is 4.90 Å². The van der Waals surface area contributed by atoms with E-state index in [1.165, 1.54) is 13.2 Å². The van der Waals surface area contributed by atoms with E-state index in [4.69, 9.17) is 38.1 Å². The summed E-state index contributed by atoms with van der Waals surface area (Å²) < 4.78 is 10.6. The van der Waals surface area contributed by atoms with Gasteiger partial charge in [-0.05, 0) is 30.3 Å². The quantitative estimate of drug-likeness (QED) is 0.430. The summed E-state index contributed by atoms with van der Waals surface area (Å²) in [7, 11) is 1.26. The minimum Gasteiger partial charge on any atom is -0.480 e. The summed E-state index contributed by atoms with van der Waals surface area (Å²) in [6.07, 6.45) is 1.49. The van der Waals surface area contributed by atoms with Gasteiger partial charge in [-0.25, -0.2) is 4.79 Å². The average Bonchev–Trinajstić information content (AvgIpc) is 3.22. The molecular weight excluding hydrogens is 426 g/mol. The number of carbonyl (C=O) groups excluding carboxylic acids is 2. The topological polar surface area (TPSA) is 97.0 Å². The Hall–Kier alpha value is -2.62. The van der Waals surface area contributed by atoms with E-state index in [-0.39, 0.29) is 19.8 Å². The molecule has 144 valence electrons. The van der Waals surface area contributed by atoms with E-state index in [0.717, 1.165) is 16.7 Å². The molecule has 1 aliphatic rings. The predicted molar refractivity (Wildman–Crippen MR) is 108 cm³/mol. The fourth-order valence-corrected chi connectivity index (χ4v) is 3.86. The van der Waals surface area contributed by atoms with Crippen LogP contribution in [-0.2, 0) is 14.3 Å². The van der Waals surface area contributed by atoms with Crippen LogP contribution in [0.25, 0.3) is 17.4 Å². The van der Waals surface area contributed by atoms with Gasteiger partial charge in [-0.1, -0.05) is 35.6 Å². The zero-order valence-corrected chi connectivity index (χ0v) is 16.7. The molecule has 1 aromatic heterocycles. The summed E-state index contributed by atoms with van der Waals surface area (Å²) in [6.45, 7) is -0.494. The molecule has 0 aliphatic carbocycles. The lowest BCUT2D eigenvalue weighted by Gasteiger charge is -2.09. The molecule has 3 rings (SSSR count). The van der Waals surface area contributed by atoms with Gasteiger partial charge in [0.2, 0.25) is 0 Å². The number of nitrogens with zero attached hydrogens (tertiary/aromatic N) is 1. The first-order valence-corrected chi connectivity index (χ1v) is 9.35. The molecule has 0 unspecified atom stereocenters. The van der Waals surface area contributed by atoms with Gasteiger partial charge < -0.3 is 14.3 Å². The highest BCUT2D eigenvalue weighted by atomic mass is 35.5. The Balaban J connectivity index is 1.86. The molecule has 0 saturated carbocycles. The number of methoxy groups -OCH3 is 1. The Kier molecular flexibility index (Phi) is 5.87. The number of hydrogen-bond donors (Lipinski definition) is 1. The van der Waals surface area contributed by atoms with Gasteiger partial charge in [-0.3, -0.25) is 14.5 Å². The number of halogens is 1. The van der Waals surface area contributed by atoms with Crippen molar-refractivity contribution in [3.05, 3.63) is 51.6 Å². The number of rotatable bonds is 5. The van der Waals surface area contributed by atoms with E-state index >= 15 is 0 Å². The van der Waals surface area contributed by atoms with Crippen LogP contribution in [0.15, 0.2) is 39.7 Å². The maximum atomic E-state index is 12.3. The predicted octanol–water partition coefficient (Wildman–Crippen LogP) is 3.67. The van der Waals surface area contributed by atoms with Crippen molar-refractivity contribution >= 4 is 63.8 Å². The van der Waals surface area contributed by atoms with Gasteiger partial charge in [0, 0.05) is 11.6 Å². The van der Waals surface area contributed by atoms with Crippen LogP contribution >= 0.6 is 35.6 Å². The van der Waals surface area contributed by atoms with E-state index in [1.54, 1.807) is 30.3 Å². The molecular formula is C18H12ClNO6S2. The maximum absolute atomic E-state index is 12.3. The second-order valence-corrected chi connectivity index (χ2v) is 7.63. The molecule has 28 heavy (non-hydrogen) atoms. The first-order chi connectivity index (χ1) is 13.3. The van der Waals surface area contributed by atoms with E-state index < -0.39 is 24.4 Å². The number of thiocarbonyl (C=S) groups is 1. The van der Waals surface area contributed by atoms with Gasteiger partial charge in [0.25, 0.3) is 5.91 Å². The lowest BCUT2D eigenvalue weighted by molar-refractivity contribution is -0.140. The molecule has 1 aliphatic heterocycles. The standard InChI is InChI=1S/C18H12ClNO6S2/c1-25-17(24)11-6-9(2-4-12(11)19)13-5-3-10(26-13)7-14-16(23)20(8-15(21)22)18(27)28-14/h2-7H,8H2,1H3,(H,21,22)/b14-7-. The molecule has 0 atom stereocenters. The van der Waals surface area contributed by atoms with E-state index in [9.17, 15) is 14.4 Å². The largest absolute Gasteiger partial charge is 0.480 e. The maximum Gasteiger partial charge on any atom is 0.339 e. The first kappa shape index (κ1) is 20.1. The Morgan fingerprint density at radius 2 is 2.11 bits per heavy atom. The van der Waals surface area contributed by atoms with Crippen molar-refractivity contribution in [1.29, 1.82) is 0 Å². The van der Waals surface area contributed by atoms with Crippen LogP contribution in [0.5, 0.6) is 0 Å². The van der Waals surface area contributed by atoms with Gasteiger partial charge in [0.05, 0.1) is 22.6 Å². The number of esters is 1. The molecule has 1 fully saturated rings. The number of aliphatic carboxylic acids is 1. The number of benzene rings is 1. The molecule has 10 heteroatoms. The molecule has 1 N–H and O–H groups in total. The van der Waals surface area contributed by atoms with Crippen LogP contribution in [0.3, 0.4) is 0 Å². The third-order valence-corrected chi connectivity index (χ3v) is 5.43. The number of hydrogen-bond acceptors (Lipinski definition) is 7. The van der Waals surface area contributed by atoms with E-state index in [1.807, 2.05) is 0 Å². The van der Waals surface area contributed by atoms with Crippen molar-refractivity contribution in [3.8, 4) is 11.3 Å². The molecule has 1 amide bonds. The smallest absolute Gasteiger partial charge is 0.339 e. The number of amides is 1. The Labute approximate surface area is 173 Å². The molecule has 2 heterocycles. The Morgan fingerprint density at radius 1 is 1.36 bits per heavy atom. The first-order valence-electron chi connectivity index (χ1n) is 7.75. The third kappa shape index (κ3) is 4.11. The number of furan rings is 1. The lowest BCUT2D eigenvalue weighted by Crippen LogP contribution is -2.33. The van der Waals surface area contributed by atoms with Crippen LogP contribution in [0.4, 0.5) is 0 Å². The van der Waals surface area contributed by atoms with Gasteiger partial charge >= 0.3 is 11.9 Å². The number of ether oxygens (including phenoxy) is 1. The molecule has 0 radical (unpaired) electrons. The number of carboxylic acid groups (broad SMARTS) is 1. The van der Waals surface area contributed by atoms with E-state index in [0.29, 0.717) is 17.1 Å².